The molecule has 1 aliphatic carbocycles. The average molecular weight is 311 g/mol. The Balaban J connectivity index is 1.48. The predicted octanol–water partition coefficient (Wildman–Crippen LogP) is 3.74. The van der Waals surface area contributed by atoms with E-state index in [2.05, 4.69) is 27.0 Å². The van der Waals surface area contributed by atoms with Crippen molar-refractivity contribution in [1.29, 1.82) is 0 Å². The van der Waals surface area contributed by atoms with Gasteiger partial charge < -0.3 is 9.88 Å². The number of amides is 1. The highest BCUT2D eigenvalue weighted by molar-refractivity contribution is 5.77. The third kappa shape index (κ3) is 4.01. The summed E-state index contributed by atoms with van der Waals surface area (Å²) in [5, 5.41) is 3.05. The van der Waals surface area contributed by atoms with Gasteiger partial charge in [0.15, 0.2) is 0 Å². The van der Waals surface area contributed by atoms with Crippen molar-refractivity contribution < 1.29 is 4.79 Å². The topological polar surface area (TPSA) is 46.9 Å². The quantitative estimate of drug-likeness (QED) is 0.826. The molecule has 1 aromatic heterocycles. The van der Waals surface area contributed by atoms with Gasteiger partial charge >= 0.3 is 0 Å². The molecule has 4 heteroatoms. The van der Waals surface area contributed by atoms with Crippen molar-refractivity contribution in [2.45, 2.75) is 52.0 Å². The van der Waals surface area contributed by atoms with E-state index in [1.54, 1.807) is 0 Å². The molecule has 0 spiro atoms. The van der Waals surface area contributed by atoms with Gasteiger partial charge in [-0.2, -0.15) is 0 Å². The summed E-state index contributed by atoms with van der Waals surface area (Å²) in [5.74, 6) is 1.09. The van der Waals surface area contributed by atoms with Crippen LogP contribution in [0.2, 0.25) is 0 Å². The fourth-order valence-corrected chi connectivity index (χ4v) is 3.27. The first-order valence-electron chi connectivity index (χ1n) is 8.60. The molecular weight excluding hydrogens is 286 g/mol. The molecule has 3 rings (SSSR count). The minimum absolute atomic E-state index is 0.124. The molecule has 1 aliphatic rings. The Morgan fingerprint density at radius 3 is 3.00 bits per heavy atom. The number of aryl methyl sites for hydroxylation is 2. The number of nitrogens with one attached hydrogen (secondary N) is 1. The predicted molar refractivity (Wildman–Crippen MR) is 93.3 cm³/mol. The highest BCUT2D eigenvalue weighted by Crippen LogP contribution is 2.19. The lowest BCUT2D eigenvalue weighted by Crippen LogP contribution is -2.26. The lowest BCUT2D eigenvalue weighted by Gasteiger charge is -2.13. The summed E-state index contributed by atoms with van der Waals surface area (Å²) in [4.78, 5) is 16.6. The molecule has 0 saturated carbocycles. The number of imidazole rings is 1. The summed E-state index contributed by atoms with van der Waals surface area (Å²) in [6.07, 6.45) is 8.86. The molecule has 2 aromatic rings. The van der Waals surface area contributed by atoms with Crippen molar-refractivity contribution in [3.63, 3.8) is 0 Å². The first kappa shape index (κ1) is 15.8. The molecule has 1 amide bonds. The molecule has 122 valence electrons. The maximum Gasteiger partial charge on any atom is 0.221 e. The van der Waals surface area contributed by atoms with E-state index >= 15 is 0 Å². The first-order valence-corrected chi connectivity index (χ1v) is 8.60. The number of aromatic nitrogens is 2. The summed E-state index contributed by atoms with van der Waals surface area (Å²) in [6, 6.07) is 8.07. The Morgan fingerprint density at radius 1 is 1.30 bits per heavy atom. The number of nitrogens with zero attached hydrogens (tertiary/aromatic N) is 2. The zero-order chi connectivity index (χ0) is 16.1. The Hall–Kier alpha value is -2.10. The van der Waals surface area contributed by atoms with Crippen LogP contribution in [-0.2, 0) is 11.3 Å². The maximum atomic E-state index is 12.1. The lowest BCUT2D eigenvalue weighted by molar-refractivity contribution is -0.121. The lowest BCUT2D eigenvalue weighted by atomic mass is 9.97. The Morgan fingerprint density at radius 2 is 2.17 bits per heavy atom. The highest BCUT2D eigenvalue weighted by Gasteiger charge is 2.09. The average Bonchev–Trinajstić information content (AvgIpc) is 2.89. The van der Waals surface area contributed by atoms with Crippen LogP contribution in [0.3, 0.4) is 0 Å². The Kier molecular flexibility index (Phi) is 5.11. The number of rotatable bonds is 6. The van der Waals surface area contributed by atoms with Crippen molar-refractivity contribution in [3.05, 3.63) is 41.7 Å². The third-order valence-electron chi connectivity index (χ3n) is 4.56. The van der Waals surface area contributed by atoms with Crippen molar-refractivity contribution in [3.8, 4) is 0 Å². The largest absolute Gasteiger partial charge is 0.356 e. The van der Waals surface area contributed by atoms with E-state index in [-0.39, 0.29) is 5.91 Å². The molecule has 0 bridgehead atoms. The van der Waals surface area contributed by atoms with Crippen LogP contribution in [0.1, 0.15) is 44.3 Å². The molecule has 1 heterocycles. The third-order valence-corrected chi connectivity index (χ3v) is 4.56. The fourth-order valence-electron chi connectivity index (χ4n) is 3.27. The van der Waals surface area contributed by atoms with Gasteiger partial charge in [0, 0.05) is 19.5 Å². The van der Waals surface area contributed by atoms with Crippen LogP contribution < -0.4 is 5.32 Å². The van der Waals surface area contributed by atoms with Crippen LogP contribution in [0.15, 0.2) is 35.9 Å². The number of benzene rings is 1. The van der Waals surface area contributed by atoms with Crippen LogP contribution in [0, 0.1) is 6.92 Å². The summed E-state index contributed by atoms with van der Waals surface area (Å²) < 4.78 is 2.12. The molecule has 0 atom stereocenters. The van der Waals surface area contributed by atoms with Crippen LogP contribution in [-0.4, -0.2) is 22.0 Å². The highest BCUT2D eigenvalue weighted by atomic mass is 16.1. The van der Waals surface area contributed by atoms with Crippen molar-refractivity contribution in [2.24, 2.45) is 0 Å². The second-order valence-electron chi connectivity index (χ2n) is 6.26. The van der Waals surface area contributed by atoms with Gasteiger partial charge in [0.1, 0.15) is 5.82 Å². The standard InChI is InChI=1S/C19H25N3O/c1-15-21-17-9-5-6-10-18(17)22(15)14-12-19(23)20-13-11-16-7-3-2-4-8-16/h5-7,9-10H,2-4,8,11-14H2,1H3,(H,20,23). The minimum Gasteiger partial charge on any atom is -0.356 e. The van der Waals surface area contributed by atoms with Gasteiger partial charge in [0.25, 0.3) is 0 Å². The smallest absolute Gasteiger partial charge is 0.221 e. The van der Waals surface area contributed by atoms with E-state index in [1.165, 1.54) is 31.3 Å². The number of hydrogen-bond donors (Lipinski definition) is 1. The van der Waals surface area contributed by atoms with Gasteiger partial charge in [0.05, 0.1) is 11.0 Å². The summed E-state index contributed by atoms with van der Waals surface area (Å²) in [6.45, 7) is 3.43. The number of para-hydroxylation sites is 2. The monoisotopic (exact) mass is 311 g/mol. The van der Waals surface area contributed by atoms with Crippen LogP contribution in [0.4, 0.5) is 0 Å². The molecule has 0 saturated heterocycles. The van der Waals surface area contributed by atoms with Crippen LogP contribution in [0.5, 0.6) is 0 Å². The Labute approximate surface area is 137 Å². The fraction of sp³-hybridized carbons (Fsp3) is 0.474. The van der Waals surface area contributed by atoms with E-state index in [1.807, 2.05) is 25.1 Å². The van der Waals surface area contributed by atoms with Gasteiger partial charge in [-0.05, 0) is 51.2 Å². The molecule has 1 aromatic carbocycles. The van der Waals surface area contributed by atoms with E-state index in [4.69, 9.17) is 0 Å². The second kappa shape index (κ2) is 7.44. The normalized spacial score (nSPS) is 14.7. The van der Waals surface area contributed by atoms with Crippen molar-refractivity contribution in [2.75, 3.05) is 6.54 Å². The zero-order valence-electron chi connectivity index (χ0n) is 13.8. The minimum atomic E-state index is 0.124. The molecule has 0 unspecified atom stereocenters. The number of carbonyl (C=O) groups is 1. The van der Waals surface area contributed by atoms with Gasteiger partial charge in [-0.15, -0.1) is 0 Å². The van der Waals surface area contributed by atoms with E-state index < -0.39 is 0 Å². The maximum absolute atomic E-state index is 12.1. The molecule has 0 fully saturated rings. The molecule has 4 nitrogen and oxygen atoms in total. The van der Waals surface area contributed by atoms with Gasteiger partial charge in [0.2, 0.25) is 5.91 Å². The van der Waals surface area contributed by atoms with Crippen LogP contribution >= 0.6 is 0 Å². The molecule has 0 aliphatic heterocycles. The van der Waals surface area contributed by atoms with E-state index in [0.717, 1.165) is 29.8 Å². The zero-order valence-corrected chi connectivity index (χ0v) is 13.8. The molecule has 1 N–H and O–H groups in total. The summed E-state index contributed by atoms with van der Waals surface area (Å²) in [5.41, 5.74) is 3.60. The van der Waals surface area contributed by atoms with Crippen LogP contribution in [0.25, 0.3) is 11.0 Å². The number of allylic oxidation sites excluding steroid dienone is 1. The van der Waals surface area contributed by atoms with Gasteiger partial charge in [-0.25, -0.2) is 4.98 Å². The molecule has 0 radical (unpaired) electrons. The second-order valence-corrected chi connectivity index (χ2v) is 6.26. The van der Waals surface area contributed by atoms with E-state index in [9.17, 15) is 4.79 Å². The van der Waals surface area contributed by atoms with Crippen molar-refractivity contribution >= 4 is 16.9 Å². The van der Waals surface area contributed by atoms with Gasteiger partial charge in [-0.3, -0.25) is 4.79 Å². The summed E-state index contributed by atoms with van der Waals surface area (Å²) in [7, 11) is 0. The molecular formula is C19H25N3O. The Bertz CT molecular complexity index is 714. The number of hydrogen-bond acceptors (Lipinski definition) is 2. The van der Waals surface area contributed by atoms with Gasteiger partial charge in [-0.1, -0.05) is 23.8 Å². The summed E-state index contributed by atoms with van der Waals surface area (Å²) >= 11 is 0. The van der Waals surface area contributed by atoms with E-state index in [0.29, 0.717) is 13.0 Å². The molecule has 23 heavy (non-hydrogen) atoms. The first-order chi connectivity index (χ1) is 11.2. The number of fused-ring (bicyclic) bond motifs is 1. The SMILES string of the molecule is Cc1nc2ccccc2n1CCC(=O)NCCC1=CCCCC1. The van der Waals surface area contributed by atoms with Crippen molar-refractivity contribution in [1.82, 2.24) is 14.9 Å². The number of carbonyl (C=O) groups excluding carboxylic acids is 1.